The lowest BCUT2D eigenvalue weighted by Crippen LogP contribution is -2.60. The number of benzene rings is 1. The Morgan fingerprint density at radius 3 is 3.00 bits per heavy atom. The SMILES string of the molecule is NC1=NCC2(CCN3CCC2C3)N1c1ccccc1Br. The van der Waals surface area contributed by atoms with E-state index in [1.807, 2.05) is 6.07 Å². The number of nitrogens with zero attached hydrogens (tertiary/aromatic N) is 3. The molecule has 1 aromatic carbocycles. The standard InChI is InChI=1S/C15H19BrN4/c16-12-3-1-2-4-13(12)20-14(17)18-10-15(20)6-8-19-7-5-11(15)9-19/h1-4,11H,5-10H2,(H2,17,18). The van der Waals surface area contributed by atoms with Crippen LogP contribution in [0.4, 0.5) is 5.69 Å². The highest BCUT2D eigenvalue weighted by Crippen LogP contribution is 2.45. The highest BCUT2D eigenvalue weighted by atomic mass is 79.9. The van der Waals surface area contributed by atoms with Gasteiger partial charge in [-0.3, -0.25) is 4.99 Å². The van der Waals surface area contributed by atoms with Gasteiger partial charge in [-0.1, -0.05) is 12.1 Å². The lowest BCUT2D eigenvalue weighted by Gasteiger charge is -2.46. The van der Waals surface area contributed by atoms with E-state index in [0.29, 0.717) is 11.9 Å². The molecule has 106 valence electrons. The first-order chi connectivity index (χ1) is 9.71. The number of para-hydroxylation sites is 1. The summed E-state index contributed by atoms with van der Waals surface area (Å²) in [5.41, 5.74) is 7.51. The summed E-state index contributed by atoms with van der Waals surface area (Å²) in [7, 11) is 0. The predicted octanol–water partition coefficient (Wildman–Crippen LogP) is 2.05. The van der Waals surface area contributed by atoms with Gasteiger partial charge in [0.1, 0.15) is 0 Å². The van der Waals surface area contributed by atoms with E-state index >= 15 is 0 Å². The van der Waals surface area contributed by atoms with Gasteiger partial charge >= 0.3 is 0 Å². The maximum absolute atomic E-state index is 6.26. The summed E-state index contributed by atoms with van der Waals surface area (Å²) in [5, 5.41) is 0. The number of piperidine rings is 1. The Morgan fingerprint density at radius 1 is 1.30 bits per heavy atom. The number of guanidine groups is 1. The van der Waals surface area contributed by atoms with Gasteiger partial charge in [0, 0.05) is 17.6 Å². The fraction of sp³-hybridized carbons (Fsp3) is 0.533. The zero-order valence-corrected chi connectivity index (χ0v) is 13.0. The average molecular weight is 335 g/mol. The summed E-state index contributed by atoms with van der Waals surface area (Å²) < 4.78 is 1.10. The third kappa shape index (κ3) is 1.66. The maximum atomic E-state index is 6.26. The van der Waals surface area contributed by atoms with Crippen LogP contribution in [0.1, 0.15) is 12.8 Å². The van der Waals surface area contributed by atoms with Crippen molar-refractivity contribution < 1.29 is 0 Å². The van der Waals surface area contributed by atoms with Crippen molar-refractivity contribution in [3.63, 3.8) is 0 Å². The Labute approximate surface area is 127 Å². The Balaban J connectivity index is 1.79. The van der Waals surface area contributed by atoms with Gasteiger partial charge < -0.3 is 15.5 Å². The molecule has 3 heterocycles. The lowest BCUT2D eigenvalue weighted by molar-refractivity contribution is 0.182. The van der Waals surface area contributed by atoms with Crippen molar-refractivity contribution in [2.75, 3.05) is 31.1 Å². The number of halogens is 1. The molecule has 1 aromatic rings. The molecule has 5 heteroatoms. The van der Waals surface area contributed by atoms with E-state index in [0.717, 1.165) is 23.1 Å². The molecule has 3 aliphatic heterocycles. The molecule has 3 unspecified atom stereocenters. The van der Waals surface area contributed by atoms with Crippen LogP contribution in [0.25, 0.3) is 0 Å². The van der Waals surface area contributed by atoms with Crippen LogP contribution in [-0.4, -0.2) is 42.6 Å². The molecule has 4 rings (SSSR count). The van der Waals surface area contributed by atoms with Crippen LogP contribution in [0.3, 0.4) is 0 Å². The van der Waals surface area contributed by atoms with Crippen LogP contribution in [0.15, 0.2) is 33.7 Å². The normalized spacial score (nSPS) is 35.6. The molecule has 2 bridgehead atoms. The van der Waals surface area contributed by atoms with Gasteiger partial charge in [0.2, 0.25) is 0 Å². The first-order valence-corrected chi connectivity index (χ1v) is 8.07. The molecule has 1 spiro atoms. The van der Waals surface area contributed by atoms with Crippen molar-refractivity contribution in [1.82, 2.24) is 4.90 Å². The molecule has 0 aromatic heterocycles. The molecular weight excluding hydrogens is 316 g/mol. The van der Waals surface area contributed by atoms with Gasteiger partial charge in [-0.05, 0) is 53.4 Å². The molecule has 2 saturated heterocycles. The smallest absolute Gasteiger partial charge is 0.196 e. The lowest BCUT2D eigenvalue weighted by atomic mass is 9.77. The van der Waals surface area contributed by atoms with Gasteiger partial charge in [0.15, 0.2) is 5.96 Å². The van der Waals surface area contributed by atoms with E-state index in [4.69, 9.17) is 5.73 Å². The van der Waals surface area contributed by atoms with Crippen molar-refractivity contribution in [3.05, 3.63) is 28.7 Å². The maximum Gasteiger partial charge on any atom is 0.196 e. The summed E-state index contributed by atoms with van der Waals surface area (Å²) in [4.78, 5) is 9.49. The molecule has 20 heavy (non-hydrogen) atoms. The summed E-state index contributed by atoms with van der Waals surface area (Å²) in [5.74, 6) is 1.35. The van der Waals surface area contributed by atoms with Crippen LogP contribution < -0.4 is 10.6 Å². The molecule has 2 N–H and O–H groups in total. The quantitative estimate of drug-likeness (QED) is 0.854. The fourth-order valence-corrected chi connectivity index (χ4v) is 4.58. The van der Waals surface area contributed by atoms with Gasteiger partial charge in [-0.25, -0.2) is 0 Å². The number of fused-ring (bicyclic) bond motifs is 3. The second kappa shape index (κ2) is 4.46. The monoisotopic (exact) mass is 334 g/mol. The summed E-state index contributed by atoms with van der Waals surface area (Å²) >= 11 is 3.67. The van der Waals surface area contributed by atoms with E-state index in [2.05, 4.69) is 48.9 Å². The second-order valence-electron chi connectivity index (χ2n) is 6.10. The first kappa shape index (κ1) is 12.7. The topological polar surface area (TPSA) is 44.9 Å². The van der Waals surface area contributed by atoms with E-state index < -0.39 is 0 Å². The number of hydrogen-bond acceptors (Lipinski definition) is 4. The van der Waals surface area contributed by atoms with E-state index in [1.165, 1.54) is 26.1 Å². The van der Waals surface area contributed by atoms with Crippen LogP contribution >= 0.6 is 15.9 Å². The molecule has 2 fully saturated rings. The predicted molar refractivity (Wildman–Crippen MR) is 85.0 cm³/mol. The minimum atomic E-state index is 0.0982. The largest absolute Gasteiger partial charge is 0.369 e. The third-order valence-corrected chi connectivity index (χ3v) is 5.85. The number of hydrogen-bond donors (Lipinski definition) is 1. The Bertz CT molecular complexity index is 573. The van der Waals surface area contributed by atoms with Crippen molar-refractivity contribution in [2.24, 2.45) is 16.6 Å². The number of anilines is 1. The molecule has 3 atom stereocenters. The van der Waals surface area contributed by atoms with Crippen LogP contribution in [0.2, 0.25) is 0 Å². The molecule has 0 saturated carbocycles. The zero-order valence-electron chi connectivity index (χ0n) is 11.4. The van der Waals surface area contributed by atoms with Gasteiger partial charge in [-0.15, -0.1) is 0 Å². The number of nitrogens with two attached hydrogens (primary N) is 1. The van der Waals surface area contributed by atoms with Gasteiger partial charge in [-0.2, -0.15) is 0 Å². The number of rotatable bonds is 1. The highest BCUT2D eigenvalue weighted by Gasteiger charge is 2.53. The summed E-state index contributed by atoms with van der Waals surface area (Å²) in [6, 6.07) is 8.34. The Kier molecular flexibility index (Phi) is 2.82. The van der Waals surface area contributed by atoms with Crippen LogP contribution in [-0.2, 0) is 0 Å². The van der Waals surface area contributed by atoms with Crippen LogP contribution in [0, 0.1) is 5.92 Å². The van der Waals surface area contributed by atoms with E-state index in [1.54, 1.807) is 0 Å². The molecular formula is C15H19BrN4. The molecule has 0 aliphatic carbocycles. The van der Waals surface area contributed by atoms with Crippen molar-refractivity contribution in [3.8, 4) is 0 Å². The first-order valence-electron chi connectivity index (χ1n) is 7.28. The van der Waals surface area contributed by atoms with Crippen LogP contribution in [0.5, 0.6) is 0 Å². The minimum Gasteiger partial charge on any atom is -0.369 e. The Hall–Kier alpha value is -1.07. The fourth-order valence-electron chi connectivity index (χ4n) is 4.12. The zero-order chi connectivity index (χ0) is 13.7. The number of aliphatic imine (C=N–C) groups is 1. The average Bonchev–Trinajstić information content (AvgIpc) is 2.99. The Morgan fingerprint density at radius 2 is 2.15 bits per heavy atom. The van der Waals surface area contributed by atoms with Crippen molar-refractivity contribution >= 4 is 27.6 Å². The summed E-state index contributed by atoms with van der Waals surface area (Å²) in [6.07, 6.45) is 2.42. The van der Waals surface area contributed by atoms with Crippen molar-refractivity contribution in [2.45, 2.75) is 18.4 Å². The highest BCUT2D eigenvalue weighted by molar-refractivity contribution is 9.10. The van der Waals surface area contributed by atoms with E-state index in [9.17, 15) is 0 Å². The molecule has 4 nitrogen and oxygen atoms in total. The second-order valence-corrected chi connectivity index (χ2v) is 6.96. The molecule has 3 aliphatic rings. The van der Waals surface area contributed by atoms with Gasteiger partial charge in [0.25, 0.3) is 0 Å². The minimum absolute atomic E-state index is 0.0982. The van der Waals surface area contributed by atoms with E-state index in [-0.39, 0.29) is 5.54 Å². The van der Waals surface area contributed by atoms with Gasteiger partial charge in [0.05, 0.1) is 17.8 Å². The van der Waals surface area contributed by atoms with Crippen molar-refractivity contribution in [1.29, 1.82) is 0 Å². The summed E-state index contributed by atoms with van der Waals surface area (Å²) in [6.45, 7) is 4.44. The molecule has 0 radical (unpaired) electrons. The third-order valence-electron chi connectivity index (χ3n) is 5.18. The molecule has 0 amide bonds.